The van der Waals surface area contributed by atoms with Gasteiger partial charge in [0.15, 0.2) is 0 Å². The third kappa shape index (κ3) is 5.95. The van der Waals surface area contributed by atoms with Crippen LogP contribution < -0.4 is 5.32 Å². The maximum Gasteiger partial charge on any atom is 0.435 e. The van der Waals surface area contributed by atoms with Gasteiger partial charge < -0.3 is 10.2 Å². The molecule has 38 heavy (non-hydrogen) atoms. The summed E-state index contributed by atoms with van der Waals surface area (Å²) in [4.78, 5) is 17.3. The predicted molar refractivity (Wildman–Crippen MR) is 135 cm³/mol. The van der Waals surface area contributed by atoms with E-state index in [1.807, 2.05) is 0 Å². The number of hydrogen-bond acceptors (Lipinski definition) is 5. The number of alkyl halides is 6. The largest absolute Gasteiger partial charge is 0.435 e. The van der Waals surface area contributed by atoms with Crippen molar-refractivity contribution in [1.82, 2.24) is 0 Å². The first kappa shape index (κ1) is 30.2. The van der Waals surface area contributed by atoms with Crippen LogP contribution in [-0.4, -0.2) is 29.3 Å². The van der Waals surface area contributed by atoms with Gasteiger partial charge in [0.2, 0.25) is 12.1 Å². The van der Waals surface area contributed by atoms with Gasteiger partial charge in [-0.3, -0.25) is 4.79 Å². The van der Waals surface area contributed by atoms with Gasteiger partial charge in [-0.15, -0.1) is 0 Å². The minimum Gasteiger partial charge on any atom is -0.374 e. The normalized spacial score (nSPS) is 19.4. The zero-order valence-corrected chi connectivity index (χ0v) is 23.1. The summed E-state index contributed by atoms with van der Waals surface area (Å²) >= 11 is 14.6. The fourth-order valence-electron chi connectivity index (χ4n) is 3.42. The Morgan fingerprint density at radius 1 is 1.26 bits per heavy atom. The molecule has 2 aromatic rings. The molecule has 0 saturated carbocycles. The summed E-state index contributed by atoms with van der Waals surface area (Å²) < 4.78 is 87.0. The molecule has 204 valence electrons. The Balaban J connectivity index is 1.94. The van der Waals surface area contributed by atoms with E-state index >= 15 is 0 Å². The fourth-order valence-corrected chi connectivity index (χ4v) is 4.98. The Labute approximate surface area is 233 Å². The van der Waals surface area contributed by atoms with Crippen molar-refractivity contribution in [1.29, 1.82) is 5.26 Å². The molecule has 0 aromatic heterocycles. The fraction of sp³-hybridized carbons (Fsp3) is 0.318. The second-order valence-corrected chi connectivity index (χ2v) is 11.6. The molecule has 1 N–H and O–H groups in total. The predicted octanol–water partition coefficient (Wildman–Crippen LogP) is 7.60. The number of nitrogens with zero attached hydrogens (tertiary/aromatic N) is 3. The zero-order chi connectivity index (χ0) is 28.6. The van der Waals surface area contributed by atoms with Crippen molar-refractivity contribution in [3.63, 3.8) is 0 Å². The molecule has 0 aliphatic carbocycles. The average Bonchev–Trinajstić information content (AvgIpc) is 3.28. The number of amides is 1. The zero-order valence-electron chi connectivity index (χ0n) is 19.1. The van der Waals surface area contributed by atoms with Crippen LogP contribution in [0.15, 0.2) is 44.3 Å². The lowest BCUT2D eigenvalue weighted by molar-refractivity contribution is -0.276. The van der Waals surface area contributed by atoms with Crippen molar-refractivity contribution in [3.05, 3.63) is 61.5 Å². The van der Waals surface area contributed by atoms with Crippen molar-refractivity contribution in [3.8, 4) is 6.19 Å². The van der Waals surface area contributed by atoms with Gasteiger partial charge in [-0.05, 0) is 53.4 Å². The van der Waals surface area contributed by atoms with Crippen molar-refractivity contribution >= 4 is 67.1 Å². The van der Waals surface area contributed by atoms with Crippen LogP contribution in [0.5, 0.6) is 0 Å². The molecule has 0 fully saturated rings. The van der Waals surface area contributed by atoms with Crippen LogP contribution in [-0.2, 0) is 32.1 Å². The van der Waals surface area contributed by atoms with E-state index in [1.54, 1.807) is 19.4 Å². The monoisotopic (exact) mass is 662 g/mol. The summed E-state index contributed by atoms with van der Waals surface area (Å²) in [6.07, 6.45) is -7.98. The summed E-state index contributed by atoms with van der Waals surface area (Å²) in [6.45, 7) is 1.58. The van der Waals surface area contributed by atoms with E-state index in [4.69, 9.17) is 33.3 Å². The Morgan fingerprint density at radius 2 is 1.92 bits per heavy atom. The maximum absolute atomic E-state index is 14.3. The molecule has 3 rings (SSSR count). The van der Waals surface area contributed by atoms with Crippen LogP contribution in [0.4, 0.5) is 32.0 Å². The van der Waals surface area contributed by atoms with Crippen LogP contribution in [0.3, 0.4) is 0 Å². The molecule has 3 unspecified atom stereocenters. The van der Waals surface area contributed by atoms with Gasteiger partial charge in [-0.2, -0.15) is 36.0 Å². The summed E-state index contributed by atoms with van der Waals surface area (Å²) in [5.41, 5.74) is -5.50. The highest BCUT2D eigenvalue weighted by atomic mass is 79.9. The Hall–Kier alpha value is -2.34. The topological polar surface area (TPSA) is 86.8 Å². The molecule has 1 amide bonds. The molecule has 0 bridgehead atoms. The number of benzene rings is 2. The van der Waals surface area contributed by atoms with Crippen molar-refractivity contribution in [2.45, 2.75) is 36.5 Å². The third-order valence-corrected chi connectivity index (χ3v) is 8.68. The van der Waals surface area contributed by atoms with Crippen molar-refractivity contribution in [2.75, 3.05) is 11.6 Å². The highest BCUT2D eigenvalue weighted by Gasteiger charge is 2.63. The molecular weight excluding hydrogens is 649 g/mol. The van der Waals surface area contributed by atoms with Crippen LogP contribution >= 0.6 is 39.1 Å². The van der Waals surface area contributed by atoms with Gasteiger partial charge in [-0.25, -0.2) is 0 Å². The van der Waals surface area contributed by atoms with Crippen LogP contribution in [0, 0.1) is 11.5 Å². The number of anilines is 1. The van der Waals surface area contributed by atoms with Crippen molar-refractivity contribution < 1.29 is 36.0 Å². The molecule has 6 nitrogen and oxygen atoms in total. The third-order valence-electron chi connectivity index (χ3n) is 5.61. The van der Waals surface area contributed by atoms with E-state index in [0.29, 0.717) is 6.07 Å². The lowest BCUT2D eigenvalue weighted by Crippen LogP contribution is -2.43. The molecule has 1 aliphatic rings. The number of nitrogens with one attached hydrogen (secondary N) is 1. The van der Waals surface area contributed by atoms with Crippen LogP contribution in [0.25, 0.3) is 0 Å². The molecule has 1 aliphatic heterocycles. The molecule has 0 spiro atoms. The summed E-state index contributed by atoms with van der Waals surface area (Å²) in [6, 6.07) is 5.05. The Kier molecular flexibility index (Phi) is 8.77. The smallest absolute Gasteiger partial charge is 0.374 e. The van der Waals surface area contributed by atoms with Crippen molar-refractivity contribution in [2.24, 2.45) is 9.52 Å². The highest BCUT2D eigenvalue weighted by Crippen LogP contribution is 2.51. The molecule has 3 atom stereocenters. The first-order valence-corrected chi connectivity index (χ1v) is 13.5. The molecule has 1 heterocycles. The van der Waals surface area contributed by atoms with Crippen LogP contribution in [0.2, 0.25) is 10.0 Å². The van der Waals surface area contributed by atoms with E-state index in [0.717, 1.165) is 0 Å². The number of halogens is 9. The molecule has 16 heteroatoms. The SMILES string of the molecule is CC(C(=O)Nc1ccc(C2=NOC(c3cc(Cl)c(Cl)c(C(F)(F)F)c3)(C(F)(F)F)C2)cc1Br)S(C)=NC#N. The first-order valence-electron chi connectivity index (χ1n) is 10.3. The molecule has 0 saturated heterocycles. The Bertz CT molecular complexity index is 1390. The van der Waals surface area contributed by atoms with Gasteiger partial charge in [0.05, 0.1) is 32.3 Å². The van der Waals surface area contributed by atoms with Gasteiger partial charge in [-0.1, -0.05) is 45.1 Å². The van der Waals surface area contributed by atoms with E-state index in [2.05, 4.69) is 30.8 Å². The number of nitriles is 1. The van der Waals surface area contributed by atoms with Gasteiger partial charge >= 0.3 is 12.4 Å². The number of oxime groups is 1. The number of carbonyl (C=O) groups is 1. The summed E-state index contributed by atoms with van der Waals surface area (Å²) in [7, 11) is -0.871. The average molecular weight is 664 g/mol. The second kappa shape index (κ2) is 11.0. The lowest BCUT2D eigenvalue weighted by Gasteiger charge is -2.30. The quantitative estimate of drug-likeness (QED) is 0.264. The van der Waals surface area contributed by atoms with E-state index < -0.39 is 67.4 Å². The minimum absolute atomic E-state index is 0.153. The van der Waals surface area contributed by atoms with Gasteiger partial charge in [0.1, 0.15) is 0 Å². The lowest BCUT2D eigenvalue weighted by atomic mass is 9.85. The highest BCUT2D eigenvalue weighted by molar-refractivity contribution is 9.10. The maximum atomic E-state index is 14.3. The summed E-state index contributed by atoms with van der Waals surface area (Å²) in [5.74, 6) is -0.444. The Morgan fingerprint density at radius 3 is 2.47 bits per heavy atom. The molecular formula is C22H15BrCl2F6N4O2S. The molecule has 0 radical (unpaired) electrons. The van der Waals surface area contributed by atoms with Gasteiger partial charge in [0, 0.05) is 22.0 Å². The van der Waals surface area contributed by atoms with Gasteiger partial charge in [0.25, 0.3) is 5.60 Å². The minimum atomic E-state index is -5.19. The standard InChI is InChI=1S/C22H15BrCl2F6N4O2S/c1-10(38(2)33-9-32)19(36)34-16-4-3-11(5-14(16)23)17-8-20(37-35-17,22(29,30)31)12-6-13(21(26,27)28)18(25)15(24)7-12/h3-7,10H,8H2,1-2H3,(H,34,36). The molecule has 2 aromatic carbocycles. The van der Waals surface area contributed by atoms with E-state index in [-0.39, 0.29) is 27.5 Å². The number of rotatable bonds is 5. The second-order valence-electron chi connectivity index (χ2n) is 7.99. The number of hydrogen-bond donors (Lipinski definition) is 1. The van der Waals surface area contributed by atoms with Crippen LogP contribution in [0.1, 0.15) is 30.0 Å². The number of carbonyl (C=O) groups excluding carboxylic acids is 1. The first-order chi connectivity index (χ1) is 17.5. The van der Waals surface area contributed by atoms with E-state index in [1.165, 1.54) is 18.2 Å². The summed E-state index contributed by atoms with van der Waals surface area (Å²) in [5, 5.41) is 12.5. The van der Waals surface area contributed by atoms with E-state index in [9.17, 15) is 31.1 Å².